The maximum atomic E-state index is 9.96. The van der Waals surface area contributed by atoms with Crippen LogP contribution in [0.25, 0.3) is 0 Å². The molecular formula is C12H25NO2. The van der Waals surface area contributed by atoms with E-state index >= 15 is 0 Å². The third kappa shape index (κ3) is 4.09. The maximum absolute atomic E-state index is 9.96. The third-order valence-corrected chi connectivity index (χ3v) is 3.64. The quantitative estimate of drug-likeness (QED) is 0.741. The van der Waals surface area contributed by atoms with Crippen LogP contribution in [0, 0.1) is 5.92 Å². The van der Waals surface area contributed by atoms with Crippen LogP contribution in [0.2, 0.25) is 0 Å². The van der Waals surface area contributed by atoms with Gasteiger partial charge in [-0.25, -0.2) is 0 Å². The zero-order chi connectivity index (χ0) is 11.5. The van der Waals surface area contributed by atoms with Gasteiger partial charge in [0.05, 0.1) is 11.7 Å². The normalized spacial score (nSPS) is 26.2. The smallest absolute Gasteiger partial charge is 0.0743 e. The molecule has 2 unspecified atom stereocenters. The summed E-state index contributed by atoms with van der Waals surface area (Å²) in [4.78, 5) is 2.31. The lowest BCUT2D eigenvalue weighted by Gasteiger charge is -2.37. The molecule has 0 saturated carbocycles. The Kier molecular flexibility index (Phi) is 4.56. The van der Waals surface area contributed by atoms with Gasteiger partial charge in [0.2, 0.25) is 0 Å². The fraction of sp³-hybridized carbons (Fsp3) is 1.00. The number of piperidine rings is 1. The summed E-state index contributed by atoms with van der Waals surface area (Å²) in [5, 5.41) is 19.4. The first-order chi connectivity index (χ1) is 6.94. The highest BCUT2D eigenvalue weighted by molar-refractivity contribution is 4.81. The predicted molar refractivity (Wildman–Crippen MR) is 61.8 cm³/mol. The standard InChI is InChI=1S/C12H25NO2/c1-4-12(3,15)9-13-7-5-11(6-8-13)10(2)14/h10-11,14-15H,4-9H2,1-3H3. The van der Waals surface area contributed by atoms with E-state index in [-0.39, 0.29) is 6.10 Å². The lowest BCUT2D eigenvalue weighted by atomic mass is 9.91. The molecule has 2 N–H and O–H groups in total. The van der Waals surface area contributed by atoms with Crippen LogP contribution in [-0.4, -0.2) is 46.5 Å². The number of hydrogen-bond donors (Lipinski definition) is 2. The zero-order valence-corrected chi connectivity index (χ0v) is 10.2. The molecule has 1 heterocycles. The van der Waals surface area contributed by atoms with E-state index in [0.717, 1.165) is 38.9 Å². The van der Waals surface area contributed by atoms with Gasteiger partial charge in [-0.15, -0.1) is 0 Å². The van der Waals surface area contributed by atoms with E-state index in [9.17, 15) is 10.2 Å². The molecule has 0 aliphatic carbocycles. The average Bonchev–Trinajstić information content (AvgIpc) is 2.18. The van der Waals surface area contributed by atoms with Crippen LogP contribution in [-0.2, 0) is 0 Å². The van der Waals surface area contributed by atoms with E-state index in [2.05, 4.69) is 4.90 Å². The number of rotatable bonds is 4. The Morgan fingerprint density at radius 1 is 1.40 bits per heavy atom. The summed E-state index contributed by atoms with van der Waals surface area (Å²) >= 11 is 0. The summed E-state index contributed by atoms with van der Waals surface area (Å²) in [5.74, 6) is 0.452. The second-order valence-corrected chi connectivity index (χ2v) is 5.20. The van der Waals surface area contributed by atoms with Crippen molar-refractivity contribution < 1.29 is 10.2 Å². The Hall–Kier alpha value is -0.120. The number of β-amino-alcohol motifs (C(OH)–C–C–N with tert-alkyl or cyclic N) is 1. The molecule has 1 aliphatic heterocycles. The number of likely N-dealkylation sites (tertiary alicyclic amines) is 1. The van der Waals surface area contributed by atoms with Crippen LogP contribution in [0.1, 0.15) is 40.0 Å². The molecule has 0 amide bonds. The maximum Gasteiger partial charge on any atom is 0.0743 e. The summed E-state index contributed by atoms with van der Waals surface area (Å²) < 4.78 is 0. The van der Waals surface area contributed by atoms with E-state index in [1.807, 2.05) is 20.8 Å². The van der Waals surface area contributed by atoms with Crippen molar-refractivity contribution >= 4 is 0 Å². The van der Waals surface area contributed by atoms with E-state index in [4.69, 9.17) is 0 Å². The molecule has 3 nitrogen and oxygen atoms in total. The largest absolute Gasteiger partial charge is 0.393 e. The Morgan fingerprint density at radius 2 is 1.93 bits per heavy atom. The monoisotopic (exact) mass is 215 g/mol. The van der Waals surface area contributed by atoms with Crippen molar-refractivity contribution in [1.29, 1.82) is 0 Å². The average molecular weight is 215 g/mol. The van der Waals surface area contributed by atoms with Gasteiger partial charge in [0, 0.05) is 6.54 Å². The number of hydrogen-bond acceptors (Lipinski definition) is 3. The molecule has 1 aliphatic rings. The number of aliphatic hydroxyl groups excluding tert-OH is 1. The topological polar surface area (TPSA) is 43.7 Å². The molecule has 0 aromatic rings. The SMILES string of the molecule is CCC(C)(O)CN1CCC(C(C)O)CC1. The fourth-order valence-corrected chi connectivity index (χ4v) is 2.19. The Bertz CT molecular complexity index is 184. The lowest BCUT2D eigenvalue weighted by molar-refractivity contribution is -0.00322. The first-order valence-corrected chi connectivity index (χ1v) is 6.07. The second kappa shape index (κ2) is 5.28. The highest BCUT2D eigenvalue weighted by Crippen LogP contribution is 2.22. The van der Waals surface area contributed by atoms with Crippen molar-refractivity contribution in [3.05, 3.63) is 0 Å². The van der Waals surface area contributed by atoms with E-state index < -0.39 is 5.60 Å². The van der Waals surface area contributed by atoms with Gasteiger partial charge in [0.1, 0.15) is 0 Å². The molecule has 0 aromatic carbocycles. The predicted octanol–water partition coefficient (Wildman–Crippen LogP) is 1.24. The van der Waals surface area contributed by atoms with Crippen molar-refractivity contribution in [2.75, 3.05) is 19.6 Å². The Labute approximate surface area is 93.1 Å². The molecule has 0 aromatic heterocycles. The highest BCUT2D eigenvalue weighted by Gasteiger charge is 2.27. The summed E-state index contributed by atoms with van der Waals surface area (Å²) in [5.41, 5.74) is -0.558. The summed E-state index contributed by atoms with van der Waals surface area (Å²) in [7, 11) is 0. The molecule has 1 fully saturated rings. The molecule has 1 rings (SSSR count). The van der Waals surface area contributed by atoms with E-state index in [1.165, 1.54) is 0 Å². The number of nitrogens with zero attached hydrogens (tertiary/aromatic N) is 1. The van der Waals surface area contributed by atoms with Gasteiger partial charge in [-0.2, -0.15) is 0 Å². The van der Waals surface area contributed by atoms with Crippen molar-refractivity contribution in [3.63, 3.8) is 0 Å². The van der Waals surface area contributed by atoms with Crippen molar-refractivity contribution in [1.82, 2.24) is 4.90 Å². The van der Waals surface area contributed by atoms with Gasteiger partial charge in [-0.1, -0.05) is 6.92 Å². The minimum absolute atomic E-state index is 0.182. The van der Waals surface area contributed by atoms with Crippen LogP contribution < -0.4 is 0 Å². The Balaban J connectivity index is 2.32. The molecule has 3 heteroatoms. The summed E-state index contributed by atoms with van der Waals surface area (Å²) in [6.07, 6.45) is 2.72. The van der Waals surface area contributed by atoms with E-state index in [1.54, 1.807) is 0 Å². The molecule has 0 bridgehead atoms. The highest BCUT2D eigenvalue weighted by atomic mass is 16.3. The summed E-state index contributed by atoms with van der Waals surface area (Å²) in [6.45, 7) is 8.56. The minimum atomic E-state index is -0.558. The van der Waals surface area contributed by atoms with Crippen LogP contribution in [0.3, 0.4) is 0 Å². The second-order valence-electron chi connectivity index (χ2n) is 5.20. The van der Waals surface area contributed by atoms with Crippen LogP contribution in [0.5, 0.6) is 0 Å². The van der Waals surface area contributed by atoms with Crippen molar-refractivity contribution in [2.24, 2.45) is 5.92 Å². The lowest BCUT2D eigenvalue weighted by Crippen LogP contribution is -2.45. The van der Waals surface area contributed by atoms with Gasteiger partial charge in [-0.3, -0.25) is 0 Å². The molecule has 90 valence electrons. The van der Waals surface area contributed by atoms with Crippen molar-refractivity contribution in [2.45, 2.75) is 51.7 Å². The molecule has 0 spiro atoms. The first kappa shape index (κ1) is 12.9. The minimum Gasteiger partial charge on any atom is -0.393 e. The number of aliphatic hydroxyl groups is 2. The van der Waals surface area contributed by atoms with Crippen molar-refractivity contribution in [3.8, 4) is 0 Å². The van der Waals surface area contributed by atoms with Crippen LogP contribution in [0.4, 0.5) is 0 Å². The van der Waals surface area contributed by atoms with Gasteiger partial charge >= 0.3 is 0 Å². The van der Waals surface area contributed by atoms with Gasteiger partial charge < -0.3 is 15.1 Å². The van der Waals surface area contributed by atoms with Gasteiger partial charge in [0.25, 0.3) is 0 Å². The van der Waals surface area contributed by atoms with Crippen LogP contribution >= 0.6 is 0 Å². The van der Waals surface area contributed by atoms with Gasteiger partial charge in [-0.05, 0) is 52.1 Å². The molecule has 2 atom stereocenters. The first-order valence-electron chi connectivity index (χ1n) is 6.07. The van der Waals surface area contributed by atoms with Crippen LogP contribution in [0.15, 0.2) is 0 Å². The molecule has 0 radical (unpaired) electrons. The van der Waals surface area contributed by atoms with E-state index in [0.29, 0.717) is 5.92 Å². The third-order valence-electron chi connectivity index (χ3n) is 3.64. The molecule has 15 heavy (non-hydrogen) atoms. The molecular weight excluding hydrogens is 190 g/mol. The summed E-state index contributed by atoms with van der Waals surface area (Å²) in [6, 6.07) is 0. The molecule has 1 saturated heterocycles. The fourth-order valence-electron chi connectivity index (χ4n) is 2.19. The Morgan fingerprint density at radius 3 is 2.33 bits per heavy atom. The van der Waals surface area contributed by atoms with Gasteiger partial charge in [0.15, 0.2) is 0 Å². The zero-order valence-electron chi connectivity index (χ0n) is 10.2.